The molecule has 0 N–H and O–H groups in total. The SMILES string of the molecule is O=C1[C@H]2[C@@H]3C=C[C@@H]([C@H]4C[C@H]34)[C@@H]2C(=O)N1CN(C(=O)C(F)(F)F)c1ccc(Cl)cc1. The van der Waals surface area contributed by atoms with Gasteiger partial charge in [-0.05, 0) is 54.4 Å². The minimum absolute atomic E-state index is 0.0428. The van der Waals surface area contributed by atoms with Crippen molar-refractivity contribution in [1.29, 1.82) is 0 Å². The highest BCUT2D eigenvalue weighted by atomic mass is 35.5. The molecule has 2 bridgehead atoms. The maximum atomic E-state index is 13.2. The predicted molar refractivity (Wildman–Crippen MR) is 96.4 cm³/mol. The molecular weight excluding hydrogens is 409 g/mol. The Hall–Kier alpha value is -2.35. The van der Waals surface area contributed by atoms with Gasteiger partial charge in [-0.1, -0.05) is 23.8 Å². The van der Waals surface area contributed by atoms with Gasteiger partial charge in [0.1, 0.15) is 6.67 Å². The Morgan fingerprint density at radius 2 is 1.55 bits per heavy atom. The summed E-state index contributed by atoms with van der Waals surface area (Å²) in [6.45, 7) is -0.764. The Balaban J connectivity index is 1.46. The number of carbonyl (C=O) groups is 3. The summed E-state index contributed by atoms with van der Waals surface area (Å²) in [7, 11) is 0. The molecule has 6 atom stereocenters. The molecular formula is C20H16ClF3N2O3. The highest BCUT2D eigenvalue weighted by Gasteiger charge is 2.67. The topological polar surface area (TPSA) is 57.7 Å². The second kappa shape index (κ2) is 6.08. The molecule has 29 heavy (non-hydrogen) atoms. The van der Waals surface area contributed by atoms with Gasteiger partial charge in [-0.25, -0.2) is 0 Å². The third-order valence-electron chi connectivity index (χ3n) is 6.66. The van der Waals surface area contributed by atoms with E-state index < -0.39 is 42.4 Å². The molecule has 152 valence electrons. The number of carbonyl (C=O) groups excluding carboxylic acids is 3. The Morgan fingerprint density at radius 1 is 1.03 bits per heavy atom. The van der Waals surface area contributed by atoms with Gasteiger partial charge >= 0.3 is 12.1 Å². The summed E-state index contributed by atoms with van der Waals surface area (Å²) in [6, 6.07) is 5.20. The smallest absolute Gasteiger partial charge is 0.286 e. The van der Waals surface area contributed by atoms with Crippen molar-refractivity contribution in [2.24, 2.45) is 35.5 Å². The van der Waals surface area contributed by atoms with Crippen molar-refractivity contribution in [3.8, 4) is 0 Å². The largest absolute Gasteiger partial charge is 0.471 e. The van der Waals surface area contributed by atoms with Crippen LogP contribution in [0, 0.1) is 35.5 Å². The van der Waals surface area contributed by atoms with Crippen LogP contribution < -0.4 is 4.90 Å². The molecule has 1 heterocycles. The number of imide groups is 1. The molecule has 9 heteroatoms. The van der Waals surface area contributed by atoms with Crippen LogP contribution in [0.25, 0.3) is 0 Å². The third-order valence-corrected chi connectivity index (χ3v) is 6.91. The Kier molecular flexibility index (Phi) is 3.91. The first-order chi connectivity index (χ1) is 13.7. The molecule has 1 aromatic rings. The minimum atomic E-state index is -5.15. The number of rotatable bonds is 3. The summed E-state index contributed by atoms with van der Waals surface area (Å²) in [6.07, 6.45) is -0.210. The molecule has 5 nitrogen and oxygen atoms in total. The molecule has 0 radical (unpaired) electrons. The normalized spacial score (nSPS) is 34.3. The second-order valence-corrected chi connectivity index (χ2v) is 8.54. The lowest BCUT2D eigenvalue weighted by molar-refractivity contribution is -0.171. The van der Waals surface area contributed by atoms with E-state index in [1.165, 1.54) is 24.3 Å². The van der Waals surface area contributed by atoms with Crippen LogP contribution in [-0.4, -0.2) is 35.5 Å². The lowest BCUT2D eigenvalue weighted by atomic mass is 9.63. The van der Waals surface area contributed by atoms with E-state index in [4.69, 9.17) is 11.6 Å². The predicted octanol–water partition coefficient (Wildman–Crippen LogP) is 3.25. The van der Waals surface area contributed by atoms with Crippen molar-refractivity contribution in [1.82, 2.24) is 4.90 Å². The number of amides is 3. The van der Waals surface area contributed by atoms with Gasteiger partial charge in [0, 0.05) is 10.7 Å². The molecule has 3 amide bonds. The lowest BCUT2D eigenvalue weighted by Crippen LogP contribution is -2.49. The van der Waals surface area contributed by atoms with Crippen molar-refractivity contribution in [3.05, 3.63) is 41.4 Å². The van der Waals surface area contributed by atoms with Crippen LogP contribution in [0.1, 0.15) is 6.42 Å². The number of likely N-dealkylation sites (tertiary alicyclic amines) is 1. The van der Waals surface area contributed by atoms with Crippen LogP contribution in [0.15, 0.2) is 36.4 Å². The molecule has 0 unspecified atom stereocenters. The second-order valence-electron chi connectivity index (χ2n) is 8.11. The zero-order chi connectivity index (χ0) is 20.7. The molecule has 1 aromatic carbocycles. The molecule has 1 aliphatic heterocycles. The van der Waals surface area contributed by atoms with Gasteiger partial charge < -0.3 is 0 Å². The van der Waals surface area contributed by atoms with Gasteiger partial charge in [-0.3, -0.25) is 24.2 Å². The fraction of sp³-hybridized carbons (Fsp3) is 0.450. The number of benzene rings is 1. The molecule has 0 aromatic heterocycles. The van der Waals surface area contributed by atoms with E-state index in [-0.39, 0.29) is 22.5 Å². The fourth-order valence-corrected chi connectivity index (χ4v) is 5.46. The van der Waals surface area contributed by atoms with Gasteiger partial charge in [-0.15, -0.1) is 0 Å². The molecule has 6 rings (SSSR count). The van der Waals surface area contributed by atoms with Crippen LogP contribution in [-0.2, 0) is 14.4 Å². The quantitative estimate of drug-likeness (QED) is 0.553. The number of alkyl halides is 3. The van der Waals surface area contributed by atoms with Crippen LogP contribution in [0.3, 0.4) is 0 Å². The number of hydrogen-bond acceptors (Lipinski definition) is 3. The minimum Gasteiger partial charge on any atom is -0.286 e. The maximum Gasteiger partial charge on any atom is 0.471 e. The van der Waals surface area contributed by atoms with E-state index in [9.17, 15) is 27.6 Å². The number of nitrogens with zero attached hydrogens (tertiary/aromatic N) is 2. The van der Waals surface area contributed by atoms with E-state index in [0.29, 0.717) is 16.7 Å². The van der Waals surface area contributed by atoms with Gasteiger partial charge in [0.25, 0.3) is 0 Å². The molecule has 5 aliphatic rings. The number of anilines is 1. The number of allylic oxidation sites excluding steroid dienone is 2. The summed E-state index contributed by atoms with van der Waals surface area (Å²) in [5.74, 6) is -3.50. The Morgan fingerprint density at radius 3 is 2.03 bits per heavy atom. The molecule has 1 saturated heterocycles. The standard InChI is InChI=1S/C20H16ClF3N2O3/c21-9-1-3-10(4-2-9)25(19(29)20(22,23)24)8-26-17(27)15-11-5-6-12(14-7-13(11)14)16(15)18(26)28/h1-6,11-16H,7-8H2/t11-,12+,13-,14-,15+,16+/m1/s1. The van der Waals surface area contributed by atoms with Crippen LogP contribution in [0.4, 0.5) is 18.9 Å². The van der Waals surface area contributed by atoms with Crippen molar-refractivity contribution >= 4 is 35.0 Å². The number of halogens is 4. The molecule has 4 aliphatic carbocycles. The summed E-state index contributed by atoms with van der Waals surface area (Å²) in [5.41, 5.74) is -0.0869. The highest BCUT2D eigenvalue weighted by Crippen LogP contribution is 2.65. The van der Waals surface area contributed by atoms with Gasteiger partial charge in [0.05, 0.1) is 11.8 Å². The van der Waals surface area contributed by atoms with Crippen molar-refractivity contribution in [3.63, 3.8) is 0 Å². The van der Waals surface area contributed by atoms with E-state index in [0.717, 1.165) is 11.3 Å². The van der Waals surface area contributed by atoms with Crippen molar-refractivity contribution in [2.75, 3.05) is 11.6 Å². The zero-order valence-corrected chi connectivity index (χ0v) is 15.7. The zero-order valence-electron chi connectivity index (χ0n) is 15.0. The van der Waals surface area contributed by atoms with Gasteiger partial charge in [-0.2, -0.15) is 13.2 Å². The van der Waals surface area contributed by atoms with E-state index in [2.05, 4.69) is 0 Å². The lowest BCUT2D eigenvalue weighted by Gasteiger charge is -2.37. The average molecular weight is 425 g/mol. The first-order valence-electron chi connectivity index (χ1n) is 9.36. The van der Waals surface area contributed by atoms with Crippen LogP contribution >= 0.6 is 11.6 Å². The maximum absolute atomic E-state index is 13.2. The van der Waals surface area contributed by atoms with E-state index >= 15 is 0 Å². The molecule has 2 saturated carbocycles. The number of hydrogen-bond donors (Lipinski definition) is 0. The van der Waals surface area contributed by atoms with E-state index in [1.54, 1.807) is 0 Å². The summed E-state index contributed by atoms with van der Waals surface area (Å²) < 4.78 is 39.6. The summed E-state index contributed by atoms with van der Waals surface area (Å²) in [5, 5.41) is 0.286. The summed E-state index contributed by atoms with van der Waals surface area (Å²) in [4.78, 5) is 39.4. The van der Waals surface area contributed by atoms with Gasteiger partial charge in [0.2, 0.25) is 11.8 Å². The van der Waals surface area contributed by atoms with Crippen LogP contribution in [0.5, 0.6) is 0 Å². The molecule has 3 fully saturated rings. The monoisotopic (exact) mass is 424 g/mol. The first-order valence-corrected chi connectivity index (χ1v) is 9.74. The fourth-order valence-electron chi connectivity index (χ4n) is 5.34. The average Bonchev–Trinajstić information content (AvgIpc) is 3.46. The van der Waals surface area contributed by atoms with Crippen LogP contribution in [0.2, 0.25) is 5.02 Å². The molecule has 0 spiro atoms. The Bertz CT molecular complexity index is 909. The third kappa shape index (κ3) is 2.72. The van der Waals surface area contributed by atoms with Crippen molar-refractivity contribution < 1.29 is 27.6 Å². The van der Waals surface area contributed by atoms with Crippen molar-refractivity contribution in [2.45, 2.75) is 12.6 Å². The Labute approximate surface area is 169 Å². The van der Waals surface area contributed by atoms with Gasteiger partial charge in [0.15, 0.2) is 0 Å². The highest BCUT2D eigenvalue weighted by molar-refractivity contribution is 6.30. The van der Waals surface area contributed by atoms with E-state index in [1.807, 2.05) is 12.2 Å². The first kappa shape index (κ1) is 18.7. The summed E-state index contributed by atoms with van der Waals surface area (Å²) >= 11 is 5.79.